The van der Waals surface area contributed by atoms with Gasteiger partial charge in [-0.2, -0.15) is 0 Å². The summed E-state index contributed by atoms with van der Waals surface area (Å²) in [5.41, 5.74) is 0. The summed E-state index contributed by atoms with van der Waals surface area (Å²) in [6.45, 7) is 6.53. The standard InChI is InChI=1S/C75H130O6/c1-4-7-10-13-16-19-22-25-28-31-33-34-35-36-37-38-39-40-42-44-47-50-53-56-59-62-65-68-74(77)80-71-72(70-79-73(76)67-64-61-58-55-52-49-46-43-30-27-24-21-18-15-12-9-6-3)81-75(78)69-66-63-60-57-54-51-48-45-41-32-29-26-23-20-17-14-11-8-5-2/h7,10,16-17,19-20,25-30,33-34,36-37,72H,4-6,8-9,11-15,18,21-24,31-32,35,38-71H2,1-3H3/b10-7-,19-16-,20-17-,28-25-,29-26-,30-27-,34-33-,37-36-. The van der Waals surface area contributed by atoms with Crippen LogP contribution in [0.3, 0.4) is 0 Å². The zero-order chi connectivity index (χ0) is 58.5. The second kappa shape index (κ2) is 68.8. The van der Waals surface area contributed by atoms with Crippen LogP contribution >= 0.6 is 0 Å². The van der Waals surface area contributed by atoms with Crippen LogP contribution in [0.25, 0.3) is 0 Å². The van der Waals surface area contributed by atoms with Crippen molar-refractivity contribution in [1.29, 1.82) is 0 Å². The van der Waals surface area contributed by atoms with E-state index >= 15 is 0 Å². The first-order valence-corrected chi connectivity index (χ1v) is 34.7. The molecule has 1 unspecified atom stereocenters. The fourth-order valence-corrected chi connectivity index (χ4v) is 9.85. The van der Waals surface area contributed by atoms with Gasteiger partial charge >= 0.3 is 17.9 Å². The van der Waals surface area contributed by atoms with Crippen molar-refractivity contribution in [3.8, 4) is 0 Å². The quantitative estimate of drug-likeness (QED) is 0.0261. The minimum atomic E-state index is -0.785. The lowest BCUT2D eigenvalue weighted by Crippen LogP contribution is -2.30. The minimum absolute atomic E-state index is 0.0802. The Morgan fingerprint density at radius 1 is 0.259 bits per heavy atom. The number of rotatable bonds is 63. The Bertz CT molecular complexity index is 1580. The van der Waals surface area contributed by atoms with Crippen LogP contribution in [0.5, 0.6) is 0 Å². The number of hydrogen-bond donors (Lipinski definition) is 0. The minimum Gasteiger partial charge on any atom is -0.462 e. The summed E-state index contributed by atoms with van der Waals surface area (Å²) >= 11 is 0. The van der Waals surface area contributed by atoms with Gasteiger partial charge in [0.15, 0.2) is 6.10 Å². The molecule has 0 rings (SSSR count). The lowest BCUT2D eigenvalue weighted by atomic mass is 10.0. The summed E-state index contributed by atoms with van der Waals surface area (Å²) in [6.07, 6.45) is 92.7. The van der Waals surface area contributed by atoms with E-state index in [2.05, 4.69) is 118 Å². The van der Waals surface area contributed by atoms with E-state index in [1.54, 1.807) is 0 Å². The van der Waals surface area contributed by atoms with Crippen LogP contribution in [0.2, 0.25) is 0 Å². The Morgan fingerprint density at radius 2 is 0.481 bits per heavy atom. The van der Waals surface area contributed by atoms with Gasteiger partial charge < -0.3 is 14.2 Å². The monoisotopic (exact) mass is 1130 g/mol. The smallest absolute Gasteiger partial charge is 0.306 e. The number of ether oxygens (including phenoxy) is 3. The van der Waals surface area contributed by atoms with Gasteiger partial charge in [0.25, 0.3) is 0 Å². The van der Waals surface area contributed by atoms with Gasteiger partial charge in [0.05, 0.1) is 0 Å². The van der Waals surface area contributed by atoms with Gasteiger partial charge in [-0.15, -0.1) is 0 Å². The molecule has 1 atom stereocenters. The SMILES string of the molecule is CC/C=C\C/C=C\C/C=C\C/C=C\C/C=C\CCCCCCCCCCCCCC(=O)OCC(COC(=O)CCCCCCCCC/C=C\CCCCCCCC)OC(=O)CCCCCCCCCCC/C=C\C/C=C\CCCCC. The highest BCUT2D eigenvalue weighted by molar-refractivity contribution is 5.71. The third-order valence-corrected chi connectivity index (χ3v) is 15.0. The highest BCUT2D eigenvalue weighted by Gasteiger charge is 2.19. The summed E-state index contributed by atoms with van der Waals surface area (Å²) in [6, 6.07) is 0. The van der Waals surface area contributed by atoms with Crippen LogP contribution in [-0.2, 0) is 28.6 Å². The molecule has 81 heavy (non-hydrogen) atoms. The highest BCUT2D eigenvalue weighted by atomic mass is 16.6. The molecule has 0 aliphatic heterocycles. The molecule has 0 aromatic heterocycles. The maximum absolute atomic E-state index is 13.0. The van der Waals surface area contributed by atoms with Gasteiger partial charge in [-0.1, -0.05) is 298 Å². The van der Waals surface area contributed by atoms with Crippen LogP contribution in [-0.4, -0.2) is 37.2 Å². The van der Waals surface area contributed by atoms with Crippen molar-refractivity contribution in [3.05, 3.63) is 97.2 Å². The van der Waals surface area contributed by atoms with Gasteiger partial charge in [0.2, 0.25) is 0 Å². The largest absolute Gasteiger partial charge is 0.462 e. The molecular formula is C75H130O6. The van der Waals surface area contributed by atoms with Gasteiger partial charge in [0.1, 0.15) is 13.2 Å². The number of hydrogen-bond acceptors (Lipinski definition) is 6. The fourth-order valence-electron chi connectivity index (χ4n) is 9.85. The first-order chi connectivity index (χ1) is 40.0. The molecule has 0 amide bonds. The molecule has 0 N–H and O–H groups in total. The second-order valence-corrected chi connectivity index (χ2v) is 23.1. The molecule has 0 heterocycles. The lowest BCUT2D eigenvalue weighted by molar-refractivity contribution is -0.167. The predicted molar refractivity (Wildman–Crippen MR) is 353 cm³/mol. The maximum atomic E-state index is 13.0. The molecule has 6 nitrogen and oxygen atoms in total. The Kier molecular flexibility index (Phi) is 65.7. The third-order valence-electron chi connectivity index (χ3n) is 15.0. The number of esters is 3. The van der Waals surface area contributed by atoms with E-state index in [0.717, 1.165) is 96.3 Å². The van der Waals surface area contributed by atoms with Crippen LogP contribution in [0.15, 0.2) is 97.2 Å². The second-order valence-electron chi connectivity index (χ2n) is 23.1. The highest BCUT2D eigenvalue weighted by Crippen LogP contribution is 2.17. The zero-order valence-corrected chi connectivity index (χ0v) is 53.5. The lowest BCUT2D eigenvalue weighted by Gasteiger charge is -2.18. The first-order valence-electron chi connectivity index (χ1n) is 34.7. The maximum Gasteiger partial charge on any atom is 0.306 e. The van der Waals surface area contributed by atoms with Crippen molar-refractivity contribution < 1.29 is 28.6 Å². The molecule has 0 aromatic carbocycles. The number of allylic oxidation sites excluding steroid dienone is 16. The number of carbonyl (C=O) groups is 3. The van der Waals surface area contributed by atoms with E-state index in [1.807, 2.05) is 0 Å². The molecule has 0 aliphatic carbocycles. The molecule has 0 saturated heterocycles. The molecule has 466 valence electrons. The Hall–Kier alpha value is -3.67. The van der Waals surface area contributed by atoms with Crippen molar-refractivity contribution in [2.45, 2.75) is 348 Å². The van der Waals surface area contributed by atoms with Gasteiger partial charge in [0, 0.05) is 19.3 Å². The fraction of sp³-hybridized carbons (Fsp3) is 0.747. The van der Waals surface area contributed by atoms with Crippen LogP contribution < -0.4 is 0 Å². The van der Waals surface area contributed by atoms with Gasteiger partial charge in [-0.25, -0.2) is 0 Å². The topological polar surface area (TPSA) is 78.9 Å². The van der Waals surface area contributed by atoms with Crippen molar-refractivity contribution in [2.75, 3.05) is 13.2 Å². The van der Waals surface area contributed by atoms with E-state index < -0.39 is 6.10 Å². The van der Waals surface area contributed by atoms with Gasteiger partial charge in [-0.05, 0) is 122 Å². The molecule has 0 fully saturated rings. The average Bonchev–Trinajstić information content (AvgIpc) is 3.47. The number of unbranched alkanes of at least 4 members (excludes halogenated alkanes) is 36. The van der Waals surface area contributed by atoms with Crippen molar-refractivity contribution in [2.24, 2.45) is 0 Å². The van der Waals surface area contributed by atoms with E-state index in [-0.39, 0.29) is 31.1 Å². The summed E-state index contributed by atoms with van der Waals surface area (Å²) in [5.74, 6) is -0.876. The summed E-state index contributed by atoms with van der Waals surface area (Å²) < 4.78 is 17.0. The van der Waals surface area contributed by atoms with Crippen LogP contribution in [0, 0.1) is 0 Å². The van der Waals surface area contributed by atoms with E-state index in [9.17, 15) is 14.4 Å². The molecule has 0 radical (unpaired) electrons. The Labute approximate surface area is 502 Å². The molecule has 0 aliphatic rings. The van der Waals surface area contributed by atoms with Crippen molar-refractivity contribution >= 4 is 17.9 Å². The molecule has 0 bridgehead atoms. The van der Waals surface area contributed by atoms with E-state index in [1.165, 1.54) is 205 Å². The summed E-state index contributed by atoms with van der Waals surface area (Å²) in [5, 5.41) is 0. The molecule has 0 aromatic rings. The molecule has 0 saturated carbocycles. The molecular weight excluding hydrogens is 997 g/mol. The Balaban J connectivity index is 4.34. The average molecular weight is 1130 g/mol. The predicted octanol–water partition coefficient (Wildman–Crippen LogP) is 24.0. The van der Waals surface area contributed by atoms with Crippen LogP contribution in [0.1, 0.15) is 342 Å². The third kappa shape index (κ3) is 67.0. The normalized spacial score (nSPS) is 12.7. The van der Waals surface area contributed by atoms with Crippen molar-refractivity contribution in [3.63, 3.8) is 0 Å². The van der Waals surface area contributed by atoms with Crippen molar-refractivity contribution in [1.82, 2.24) is 0 Å². The Morgan fingerprint density at radius 3 is 0.790 bits per heavy atom. The van der Waals surface area contributed by atoms with Crippen LogP contribution in [0.4, 0.5) is 0 Å². The summed E-state index contributed by atoms with van der Waals surface area (Å²) in [4.78, 5) is 38.5. The first kappa shape index (κ1) is 77.3. The zero-order valence-electron chi connectivity index (χ0n) is 53.5. The summed E-state index contributed by atoms with van der Waals surface area (Å²) in [7, 11) is 0. The van der Waals surface area contributed by atoms with E-state index in [4.69, 9.17) is 14.2 Å². The van der Waals surface area contributed by atoms with E-state index in [0.29, 0.717) is 19.3 Å². The molecule has 6 heteroatoms. The van der Waals surface area contributed by atoms with Gasteiger partial charge in [-0.3, -0.25) is 14.4 Å². The molecule has 0 spiro atoms. The number of carbonyl (C=O) groups excluding carboxylic acids is 3.